The highest BCUT2D eigenvalue weighted by molar-refractivity contribution is 4.82. The molecule has 10 heavy (non-hydrogen) atoms. The normalized spacial score (nSPS) is 32.1. The van der Waals surface area contributed by atoms with Crippen LogP contribution in [0.3, 0.4) is 0 Å². The van der Waals surface area contributed by atoms with Gasteiger partial charge in [0, 0.05) is 7.11 Å². The lowest BCUT2D eigenvalue weighted by Crippen LogP contribution is -2.34. The minimum absolute atomic E-state index is 0.424. The molecule has 1 unspecified atom stereocenters. The fourth-order valence-electron chi connectivity index (χ4n) is 1.90. The van der Waals surface area contributed by atoms with Crippen LogP contribution in [0.5, 0.6) is 0 Å². The van der Waals surface area contributed by atoms with Crippen molar-refractivity contribution >= 4 is 0 Å². The van der Waals surface area contributed by atoms with Crippen molar-refractivity contribution in [1.82, 2.24) is 0 Å². The van der Waals surface area contributed by atoms with Gasteiger partial charge in [-0.25, -0.2) is 0 Å². The third-order valence-corrected chi connectivity index (χ3v) is 2.69. The molecular formula is C9H18O. The van der Waals surface area contributed by atoms with Crippen molar-refractivity contribution in [2.24, 2.45) is 5.41 Å². The summed E-state index contributed by atoms with van der Waals surface area (Å²) >= 11 is 0. The Morgan fingerprint density at radius 1 is 1.30 bits per heavy atom. The first kappa shape index (κ1) is 8.06. The van der Waals surface area contributed by atoms with Gasteiger partial charge in [0.05, 0.1) is 6.10 Å². The molecule has 0 aliphatic heterocycles. The van der Waals surface area contributed by atoms with Gasteiger partial charge >= 0.3 is 0 Å². The SMILES string of the molecule is COC1CCCCC1(C)C. The molecule has 1 nitrogen and oxygen atoms in total. The Morgan fingerprint density at radius 2 is 2.00 bits per heavy atom. The van der Waals surface area contributed by atoms with E-state index in [1.54, 1.807) is 0 Å². The van der Waals surface area contributed by atoms with E-state index in [1.165, 1.54) is 25.7 Å². The fraction of sp³-hybridized carbons (Fsp3) is 1.00. The molecule has 1 aliphatic carbocycles. The molecule has 1 fully saturated rings. The number of ether oxygens (including phenoxy) is 1. The number of rotatable bonds is 1. The van der Waals surface area contributed by atoms with Crippen LogP contribution in [0.2, 0.25) is 0 Å². The molecule has 0 N–H and O–H groups in total. The van der Waals surface area contributed by atoms with Crippen LogP contribution < -0.4 is 0 Å². The Balaban J connectivity index is 2.51. The first-order valence-electron chi connectivity index (χ1n) is 4.19. The molecule has 0 aromatic heterocycles. The van der Waals surface area contributed by atoms with Gasteiger partial charge in [0.2, 0.25) is 0 Å². The molecule has 0 aromatic carbocycles. The number of methoxy groups -OCH3 is 1. The van der Waals surface area contributed by atoms with E-state index < -0.39 is 0 Å². The van der Waals surface area contributed by atoms with Crippen molar-refractivity contribution in [2.75, 3.05) is 7.11 Å². The Labute approximate surface area is 63.8 Å². The van der Waals surface area contributed by atoms with Gasteiger partial charge < -0.3 is 4.74 Å². The minimum Gasteiger partial charge on any atom is -0.381 e. The molecule has 0 saturated heterocycles. The lowest BCUT2D eigenvalue weighted by atomic mass is 9.75. The van der Waals surface area contributed by atoms with Gasteiger partial charge in [0.25, 0.3) is 0 Å². The predicted molar refractivity (Wildman–Crippen MR) is 43.0 cm³/mol. The smallest absolute Gasteiger partial charge is 0.0622 e. The van der Waals surface area contributed by atoms with Crippen LogP contribution in [0.15, 0.2) is 0 Å². The van der Waals surface area contributed by atoms with E-state index in [1.807, 2.05) is 7.11 Å². The summed E-state index contributed by atoms with van der Waals surface area (Å²) in [5.74, 6) is 0. The van der Waals surface area contributed by atoms with Crippen molar-refractivity contribution in [3.63, 3.8) is 0 Å². The molecule has 0 spiro atoms. The summed E-state index contributed by atoms with van der Waals surface area (Å²) in [6.07, 6.45) is 5.81. The molecule has 1 rings (SSSR count). The van der Waals surface area contributed by atoms with Crippen molar-refractivity contribution in [2.45, 2.75) is 45.6 Å². The van der Waals surface area contributed by atoms with Crippen LogP contribution in [0.4, 0.5) is 0 Å². The third kappa shape index (κ3) is 1.51. The minimum atomic E-state index is 0.424. The molecule has 1 heteroatoms. The van der Waals surface area contributed by atoms with E-state index in [0.717, 1.165) is 0 Å². The zero-order valence-electron chi connectivity index (χ0n) is 7.31. The molecule has 1 aliphatic rings. The van der Waals surface area contributed by atoms with Gasteiger partial charge in [-0.2, -0.15) is 0 Å². The molecule has 0 radical (unpaired) electrons. The highest BCUT2D eigenvalue weighted by atomic mass is 16.5. The van der Waals surface area contributed by atoms with Gasteiger partial charge in [-0.1, -0.05) is 26.7 Å². The van der Waals surface area contributed by atoms with Gasteiger partial charge in [0.15, 0.2) is 0 Å². The summed E-state index contributed by atoms with van der Waals surface area (Å²) in [5, 5.41) is 0. The quantitative estimate of drug-likeness (QED) is 0.547. The molecule has 1 saturated carbocycles. The summed E-state index contributed by atoms with van der Waals surface area (Å²) in [6.45, 7) is 4.61. The van der Waals surface area contributed by atoms with Crippen molar-refractivity contribution in [3.05, 3.63) is 0 Å². The average molecular weight is 142 g/mol. The highest BCUT2D eigenvalue weighted by Crippen LogP contribution is 2.36. The van der Waals surface area contributed by atoms with E-state index in [9.17, 15) is 0 Å². The van der Waals surface area contributed by atoms with Gasteiger partial charge in [0.1, 0.15) is 0 Å². The van der Waals surface area contributed by atoms with Gasteiger partial charge in [-0.3, -0.25) is 0 Å². The van der Waals surface area contributed by atoms with Gasteiger partial charge in [-0.15, -0.1) is 0 Å². The average Bonchev–Trinajstić information content (AvgIpc) is 1.87. The van der Waals surface area contributed by atoms with Crippen LogP contribution in [0.25, 0.3) is 0 Å². The molecule has 1 atom stereocenters. The maximum atomic E-state index is 5.41. The predicted octanol–water partition coefficient (Wildman–Crippen LogP) is 2.60. The summed E-state index contributed by atoms with van der Waals surface area (Å²) in [5.41, 5.74) is 0.424. The molecular weight excluding hydrogens is 124 g/mol. The van der Waals surface area contributed by atoms with Crippen LogP contribution in [-0.4, -0.2) is 13.2 Å². The second-order valence-corrected chi connectivity index (χ2v) is 3.96. The third-order valence-electron chi connectivity index (χ3n) is 2.69. The summed E-state index contributed by atoms with van der Waals surface area (Å²) in [4.78, 5) is 0. The second kappa shape index (κ2) is 2.91. The van der Waals surface area contributed by atoms with Crippen LogP contribution in [0.1, 0.15) is 39.5 Å². The lowest BCUT2D eigenvalue weighted by molar-refractivity contribution is -0.0225. The summed E-state index contributed by atoms with van der Waals surface area (Å²) in [7, 11) is 1.83. The lowest BCUT2D eigenvalue weighted by Gasteiger charge is -2.37. The maximum Gasteiger partial charge on any atom is 0.0622 e. The zero-order valence-corrected chi connectivity index (χ0v) is 7.31. The fourth-order valence-corrected chi connectivity index (χ4v) is 1.90. The topological polar surface area (TPSA) is 9.23 Å². The number of hydrogen-bond acceptors (Lipinski definition) is 1. The number of hydrogen-bond donors (Lipinski definition) is 0. The standard InChI is InChI=1S/C9H18O/c1-9(2)7-5-4-6-8(9)10-3/h8H,4-7H2,1-3H3. The van der Waals surface area contributed by atoms with E-state index >= 15 is 0 Å². The van der Waals surface area contributed by atoms with E-state index in [2.05, 4.69) is 13.8 Å². The van der Waals surface area contributed by atoms with Crippen LogP contribution in [-0.2, 0) is 4.74 Å². The maximum absolute atomic E-state index is 5.41. The summed E-state index contributed by atoms with van der Waals surface area (Å²) < 4.78 is 5.41. The van der Waals surface area contributed by atoms with E-state index in [-0.39, 0.29) is 0 Å². The largest absolute Gasteiger partial charge is 0.381 e. The highest BCUT2D eigenvalue weighted by Gasteiger charge is 2.31. The molecule has 0 bridgehead atoms. The van der Waals surface area contributed by atoms with Crippen LogP contribution in [0, 0.1) is 5.41 Å². The van der Waals surface area contributed by atoms with Crippen molar-refractivity contribution in [3.8, 4) is 0 Å². The van der Waals surface area contributed by atoms with Crippen LogP contribution >= 0.6 is 0 Å². The monoisotopic (exact) mass is 142 g/mol. The van der Waals surface area contributed by atoms with E-state index in [0.29, 0.717) is 11.5 Å². The van der Waals surface area contributed by atoms with Crippen molar-refractivity contribution < 1.29 is 4.74 Å². The Hall–Kier alpha value is -0.0400. The molecule has 60 valence electrons. The summed E-state index contributed by atoms with van der Waals surface area (Å²) in [6, 6.07) is 0. The van der Waals surface area contributed by atoms with E-state index in [4.69, 9.17) is 4.74 Å². The zero-order chi connectivity index (χ0) is 7.61. The van der Waals surface area contributed by atoms with Gasteiger partial charge in [-0.05, 0) is 18.3 Å². The first-order chi connectivity index (χ1) is 4.67. The molecule has 0 amide bonds. The Kier molecular flexibility index (Phi) is 2.35. The molecule has 0 aromatic rings. The first-order valence-corrected chi connectivity index (χ1v) is 4.19. The Morgan fingerprint density at radius 3 is 2.40 bits per heavy atom. The second-order valence-electron chi connectivity index (χ2n) is 3.96. The van der Waals surface area contributed by atoms with Crippen molar-refractivity contribution in [1.29, 1.82) is 0 Å². The molecule has 0 heterocycles. The Bertz CT molecular complexity index is 107.